The van der Waals surface area contributed by atoms with E-state index in [1.165, 1.54) is 7.11 Å². The van der Waals surface area contributed by atoms with Crippen molar-refractivity contribution < 1.29 is 19.5 Å². The summed E-state index contributed by atoms with van der Waals surface area (Å²) in [6.45, 7) is 2.77. The molecule has 0 bridgehead atoms. The molecule has 0 aliphatic rings. The number of aliphatic hydroxyl groups is 1. The third kappa shape index (κ3) is 4.67. The lowest BCUT2D eigenvalue weighted by Gasteiger charge is -2.12. The third-order valence-corrected chi connectivity index (χ3v) is 2.63. The predicted octanol–water partition coefficient (Wildman–Crippen LogP) is 1.80. The second-order valence-electron chi connectivity index (χ2n) is 4.17. The van der Waals surface area contributed by atoms with E-state index in [0.29, 0.717) is 25.3 Å². The second-order valence-corrected chi connectivity index (χ2v) is 4.17. The Hall–Kier alpha value is -1.86. The molecule has 0 heterocycles. The van der Waals surface area contributed by atoms with Crippen LogP contribution in [0.4, 0.5) is 11.4 Å². The average Bonchev–Trinajstić information content (AvgIpc) is 2.39. The molecule has 0 aliphatic heterocycles. The largest absolute Gasteiger partial charge is 0.487 e. The average molecular weight is 284 g/mol. The molecule has 0 aliphatic carbocycles. The van der Waals surface area contributed by atoms with Gasteiger partial charge in [0.2, 0.25) is 0 Å². The highest BCUT2D eigenvalue weighted by Gasteiger charge is 2.20. The van der Waals surface area contributed by atoms with Crippen LogP contribution in [0, 0.1) is 10.1 Å². The molecule has 0 radical (unpaired) electrons. The number of hydrogen-bond acceptors (Lipinski definition) is 6. The number of ether oxygens (including phenoxy) is 2. The highest BCUT2D eigenvalue weighted by atomic mass is 16.6. The quantitative estimate of drug-likeness (QED) is 0.530. The summed E-state index contributed by atoms with van der Waals surface area (Å²) in [4.78, 5) is 10.7. The van der Waals surface area contributed by atoms with Crippen LogP contribution in [0.2, 0.25) is 0 Å². The van der Waals surface area contributed by atoms with E-state index < -0.39 is 11.0 Å². The van der Waals surface area contributed by atoms with Crippen LogP contribution in [0.15, 0.2) is 18.2 Å². The zero-order valence-electron chi connectivity index (χ0n) is 11.7. The Balaban J connectivity index is 2.74. The van der Waals surface area contributed by atoms with E-state index in [4.69, 9.17) is 9.47 Å². The zero-order chi connectivity index (χ0) is 15.0. The maximum atomic E-state index is 11.1. The Bertz CT molecular complexity index is 439. The van der Waals surface area contributed by atoms with E-state index in [0.717, 1.165) is 0 Å². The molecule has 2 N–H and O–H groups in total. The molecule has 20 heavy (non-hydrogen) atoms. The van der Waals surface area contributed by atoms with Crippen molar-refractivity contribution in [3.63, 3.8) is 0 Å². The number of hydrogen-bond donors (Lipinski definition) is 2. The van der Waals surface area contributed by atoms with Crippen LogP contribution in [0.1, 0.15) is 13.3 Å². The van der Waals surface area contributed by atoms with Crippen LogP contribution in [0.25, 0.3) is 0 Å². The second kappa shape index (κ2) is 8.34. The Kier molecular flexibility index (Phi) is 6.75. The first-order valence-corrected chi connectivity index (χ1v) is 6.41. The first-order chi connectivity index (χ1) is 9.60. The highest BCUT2D eigenvalue weighted by molar-refractivity contribution is 5.68. The minimum Gasteiger partial charge on any atom is -0.487 e. The van der Waals surface area contributed by atoms with Crippen molar-refractivity contribution >= 4 is 11.4 Å². The molecule has 0 fully saturated rings. The van der Waals surface area contributed by atoms with Crippen LogP contribution in [0.5, 0.6) is 5.75 Å². The van der Waals surface area contributed by atoms with Crippen LogP contribution in [-0.4, -0.2) is 43.0 Å². The van der Waals surface area contributed by atoms with Crippen molar-refractivity contribution in [1.82, 2.24) is 0 Å². The number of nitrogens with zero attached hydrogens (tertiary/aromatic N) is 1. The fraction of sp³-hybridized carbons (Fsp3) is 0.538. The summed E-state index contributed by atoms with van der Waals surface area (Å²) in [6.07, 6.45) is -0.161. The van der Waals surface area contributed by atoms with Gasteiger partial charge in [0.25, 0.3) is 0 Å². The summed E-state index contributed by atoms with van der Waals surface area (Å²) in [7, 11) is 1.51. The first-order valence-electron chi connectivity index (χ1n) is 6.41. The molecule has 7 nitrogen and oxygen atoms in total. The summed E-state index contributed by atoms with van der Waals surface area (Å²) >= 11 is 0. The van der Waals surface area contributed by atoms with Gasteiger partial charge >= 0.3 is 5.69 Å². The van der Waals surface area contributed by atoms with Gasteiger partial charge in [-0.25, -0.2) is 0 Å². The number of nitrogens with one attached hydrogen (secondary N) is 1. The van der Waals surface area contributed by atoms with Crippen molar-refractivity contribution in [2.45, 2.75) is 19.4 Å². The minimum absolute atomic E-state index is 0.0874. The lowest BCUT2D eigenvalue weighted by Crippen LogP contribution is -2.18. The van der Waals surface area contributed by atoms with E-state index >= 15 is 0 Å². The van der Waals surface area contributed by atoms with Gasteiger partial charge in [-0.1, -0.05) is 6.07 Å². The number of nitro groups is 1. The molecular formula is C13H20N2O5. The van der Waals surface area contributed by atoms with E-state index in [2.05, 4.69) is 5.32 Å². The number of nitro benzene ring substituents is 1. The van der Waals surface area contributed by atoms with Gasteiger partial charge in [0, 0.05) is 13.7 Å². The van der Waals surface area contributed by atoms with Crippen molar-refractivity contribution in [3.05, 3.63) is 28.3 Å². The lowest BCUT2D eigenvalue weighted by atomic mass is 10.2. The highest BCUT2D eigenvalue weighted by Crippen LogP contribution is 2.34. The summed E-state index contributed by atoms with van der Waals surface area (Å²) in [5.74, 6) is 0.236. The molecule has 0 amide bonds. The SMILES string of the molecule is CCOc1cccc(NCCC(O)COC)c1[N+](=O)[O-]. The number of rotatable bonds is 9. The lowest BCUT2D eigenvalue weighted by molar-refractivity contribution is -0.384. The molecule has 7 heteroatoms. The topological polar surface area (TPSA) is 93.9 Å². The van der Waals surface area contributed by atoms with Gasteiger partial charge in [-0.05, 0) is 25.5 Å². The smallest absolute Gasteiger partial charge is 0.333 e. The van der Waals surface area contributed by atoms with Gasteiger partial charge in [-0.2, -0.15) is 0 Å². The van der Waals surface area contributed by atoms with Gasteiger partial charge in [0.15, 0.2) is 5.75 Å². The summed E-state index contributed by atoms with van der Waals surface area (Å²) < 4.78 is 10.1. The molecule has 1 rings (SSSR count). The minimum atomic E-state index is -0.596. The molecular weight excluding hydrogens is 264 g/mol. The van der Waals surface area contributed by atoms with Gasteiger partial charge in [0.1, 0.15) is 5.69 Å². The number of aliphatic hydroxyl groups excluding tert-OH is 1. The van der Waals surface area contributed by atoms with Gasteiger partial charge in [0.05, 0.1) is 24.2 Å². The normalized spacial score (nSPS) is 11.9. The summed E-state index contributed by atoms with van der Waals surface area (Å²) in [5, 5.41) is 23.6. The third-order valence-electron chi connectivity index (χ3n) is 2.63. The Labute approximate surface area is 117 Å². The van der Waals surface area contributed by atoms with Crippen LogP contribution >= 0.6 is 0 Å². The molecule has 1 aromatic rings. The monoisotopic (exact) mass is 284 g/mol. The maximum Gasteiger partial charge on any atom is 0.333 e. The van der Waals surface area contributed by atoms with Crippen LogP contribution in [0.3, 0.4) is 0 Å². The molecule has 1 unspecified atom stereocenters. The number of para-hydroxylation sites is 1. The standard InChI is InChI=1S/C13H20N2O5/c1-3-20-12-6-4-5-11(13(12)15(17)18)14-8-7-10(16)9-19-2/h4-6,10,14,16H,3,7-9H2,1-2H3. The van der Waals surface area contributed by atoms with Gasteiger partial charge in [-0.3, -0.25) is 10.1 Å². The van der Waals surface area contributed by atoms with Crippen molar-refractivity contribution in [1.29, 1.82) is 0 Å². The molecule has 1 aromatic carbocycles. The first kappa shape index (κ1) is 16.2. The Morgan fingerprint density at radius 3 is 2.85 bits per heavy atom. The van der Waals surface area contributed by atoms with Crippen molar-refractivity contribution in [2.24, 2.45) is 0 Å². The van der Waals surface area contributed by atoms with Crippen molar-refractivity contribution in [2.75, 3.05) is 32.2 Å². The van der Waals surface area contributed by atoms with Crippen LogP contribution < -0.4 is 10.1 Å². The fourth-order valence-electron chi connectivity index (χ4n) is 1.77. The molecule has 0 aromatic heterocycles. The van der Waals surface area contributed by atoms with Crippen molar-refractivity contribution in [3.8, 4) is 5.75 Å². The fourth-order valence-corrected chi connectivity index (χ4v) is 1.77. The van der Waals surface area contributed by atoms with Crippen LogP contribution in [-0.2, 0) is 4.74 Å². The summed E-state index contributed by atoms with van der Waals surface area (Å²) in [6, 6.07) is 4.86. The number of benzene rings is 1. The summed E-state index contributed by atoms with van der Waals surface area (Å²) in [5.41, 5.74) is 0.293. The van der Waals surface area contributed by atoms with E-state index in [1.807, 2.05) is 0 Å². The molecule has 0 saturated heterocycles. The molecule has 0 saturated carbocycles. The molecule has 112 valence electrons. The Morgan fingerprint density at radius 1 is 1.50 bits per heavy atom. The zero-order valence-corrected chi connectivity index (χ0v) is 11.7. The predicted molar refractivity (Wildman–Crippen MR) is 75.3 cm³/mol. The molecule has 1 atom stereocenters. The molecule has 0 spiro atoms. The van der Waals surface area contributed by atoms with E-state index in [1.54, 1.807) is 25.1 Å². The van der Waals surface area contributed by atoms with E-state index in [9.17, 15) is 15.2 Å². The maximum absolute atomic E-state index is 11.1. The Morgan fingerprint density at radius 2 is 2.25 bits per heavy atom. The number of methoxy groups -OCH3 is 1. The van der Waals surface area contributed by atoms with Gasteiger partial charge < -0.3 is 19.9 Å². The number of anilines is 1. The van der Waals surface area contributed by atoms with E-state index in [-0.39, 0.29) is 18.0 Å². The van der Waals surface area contributed by atoms with Gasteiger partial charge in [-0.15, -0.1) is 0 Å².